The number of thiophene rings is 1. The standard InChI is InChI=1S/C13H12ClNO3S/c1-17-10-5-8(4-9(15)6-10)13(16)18-7-11-2-3-12(14)19-11/h2-6H,7,15H2,1H3. The maximum absolute atomic E-state index is 11.9. The van der Waals surface area contributed by atoms with Gasteiger partial charge in [0.05, 0.1) is 17.0 Å². The monoisotopic (exact) mass is 297 g/mol. The van der Waals surface area contributed by atoms with Gasteiger partial charge in [0.25, 0.3) is 0 Å². The van der Waals surface area contributed by atoms with E-state index in [9.17, 15) is 4.79 Å². The second-order valence-corrected chi connectivity index (χ2v) is 5.58. The van der Waals surface area contributed by atoms with Crippen molar-refractivity contribution in [3.05, 3.63) is 45.1 Å². The summed E-state index contributed by atoms with van der Waals surface area (Å²) in [5.74, 6) is 0.0706. The maximum Gasteiger partial charge on any atom is 0.338 e. The van der Waals surface area contributed by atoms with Gasteiger partial charge >= 0.3 is 5.97 Å². The Morgan fingerprint density at radius 1 is 1.37 bits per heavy atom. The third-order valence-electron chi connectivity index (χ3n) is 2.37. The van der Waals surface area contributed by atoms with E-state index in [0.29, 0.717) is 21.3 Å². The molecule has 1 aromatic heterocycles. The highest BCUT2D eigenvalue weighted by molar-refractivity contribution is 7.16. The van der Waals surface area contributed by atoms with Gasteiger partial charge in [-0.25, -0.2) is 4.79 Å². The number of methoxy groups -OCH3 is 1. The molecule has 0 bridgehead atoms. The number of hydrogen-bond donors (Lipinski definition) is 1. The molecule has 0 aliphatic rings. The number of rotatable bonds is 4. The molecular formula is C13H12ClNO3S. The van der Waals surface area contributed by atoms with Crippen molar-refractivity contribution in [2.45, 2.75) is 6.61 Å². The zero-order valence-electron chi connectivity index (χ0n) is 10.2. The lowest BCUT2D eigenvalue weighted by atomic mass is 10.2. The quantitative estimate of drug-likeness (QED) is 0.694. The average Bonchev–Trinajstić information content (AvgIpc) is 2.81. The fourth-order valence-electron chi connectivity index (χ4n) is 1.51. The van der Waals surface area contributed by atoms with E-state index in [4.69, 9.17) is 26.8 Å². The van der Waals surface area contributed by atoms with Gasteiger partial charge in [0.15, 0.2) is 0 Å². The highest BCUT2D eigenvalue weighted by Crippen LogP contribution is 2.23. The summed E-state index contributed by atoms with van der Waals surface area (Å²) in [6, 6.07) is 8.35. The first-order chi connectivity index (χ1) is 9.08. The van der Waals surface area contributed by atoms with Crippen molar-refractivity contribution in [1.29, 1.82) is 0 Å². The normalized spacial score (nSPS) is 10.2. The molecule has 2 N–H and O–H groups in total. The topological polar surface area (TPSA) is 61.5 Å². The van der Waals surface area contributed by atoms with Crippen LogP contribution in [0.5, 0.6) is 5.75 Å². The Labute approximate surface area is 119 Å². The summed E-state index contributed by atoms with van der Waals surface area (Å²) in [5.41, 5.74) is 6.49. The lowest BCUT2D eigenvalue weighted by Crippen LogP contribution is -2.05. The molecule has 0 unspecified atom stereocenters. The zero-order valence-corrected chi connectivity index (χ0v) is 11.8. The fraction of sp³-hybridized carbons (Fsp3) is 0.154. The molecule has 0 aliphatic carbocycles. The van der Waals surface area contributed by atoms with Crippen LogP contribution >= 0.6 is 22.9 Å². The van der Waals surface area contributed by atoms with Crippen LogP contribution in [0, 0.1) is 0 Å². The van der Waals surface area contributed by atoms with Crippen LogP contribution in [0.2, 0.25) is 4.34 Å². The Kier molecular flexibility index (Phi) is 4.29. The van der Waals surface area contributed by atoms with E-state index < -0.39 is 5.97 Å². The molecule has 2 rings (SSSR count). The van der Waals surface area contributed by atoms with Crippen LogP contribution in [0.3, 0.4) is 0 Å². The van der Waals surface area contributed by atoms with E-state index in [-0.39, 0.29) is 6.61 Å². The first-order valence-corrected chi connectivity index (χ1v) is 6.64. The molecule has 0 fully saturated rings. The SMILES string of the molecule is COc1cc(N)cc(C(=O)OCc2ccc(Cl)s2)c1. The molecular weight excluding hydrogens is 286 g/mol. The average molecular weight is 298 g/mol. The van der Waals surface area contributed by atoms with Gasteiger partial charge in [-0.3, -0.25) is 0 Å². The number of halogens is 1. The van der Waals surface area contributed by atoms with Gasteiger partial charge in [0, 0.05) is 16.6 Å². The van der Waals surface area contributed by atoms with Crippen LogP contribution in [-0.2, 0) is 11.3 Å². The molecule has 0 amide bonds. The highest BCUT2D eigenvalue weighted by atomic mass is 35.5. The predicted molar refractivity (Wildman–Crippen MR) is 75.9 cm³/mol. The number of nitrogen functional groups attached to an aromatic ring is 1. The van der Waals surface area contributed by atoms with Crippen molar-refractivity contribution in [1.82, 2.24) is 0 Å². The van der Waals surface area contributed by atoms with E-state index in [2.05, 4.69) is 0 Å². The van der Waals surface area contributed by atoms with E-state index >= 15 is 0 Å². The van der Waals surface area contributed by atoms with E-state index in [1.54, 1.807) is 24.3 Å². The van der Waals surface area contributed by atoms with Crippen LogP contribution in [0.15, 0.2) is 30.3 Å². The van der Waals surface area contributed by atoms with E-state index in [1.165, 1.54) is 18.4 Å². The Morgan fingerprint density at radius 2 is 2.16 bits per heavy atom. The fourth-order valence-corrected chi connectivity index (χ4v) is 2.51. The molecule has 0 saturated carbocycles. The van der Waals surface area contributed by atoms with Gasteiger partial charge in [-0.05, 0) is 24.3 Å². The van der Waals surface area contributed by atoms with Crippen molar-refractivity contribution in [3.8, 4) is 5.75 Å². The van der Waals surface area contributed by atoms with Crippen molar-refractivity contribution in [3.63, 3.8) is 0 Å². The number of hydrogen-bond acceptors (Lipinski definition) is 5. The summed E-state index contributed by atoms with van der Waals surface area (Å²) in [7, 11) is 1.51. The molecule has 6 heteroatoms. The van der Waals surface area contributed by atoms with Crippen molar-refractivity contribution in [2.75, 3.05) is 12.8 Å². The van der Waals surface area contributed by atoms with E-state index in [1.807, 2.05) is 6.07 Å². The number of carbonyl (C=O) groups excluding carboxylic acids is 1. The van der Waals surface area contributed by atoms with Crippen molar-refractivity contribution >= 4 is 34.6 Å². The minimum absolute atomic E-state index is 0.188. The molecule has 2 aromatic rings. The van der Waals surface area contributed by atoms with Gasteiger partial charge in [0.1, 0.15) is 12.4 Å². The molecule has 0 saturated heterocycles. The molecule has 0 atom stereocenters. The summed E-state index contributed by atoms with van der Waals surface area (Å²) in [5, 5.41) is 0. The van der Waals surface area contributed by atoms with Crippen LogP contribution in [0.4, 0.5) is 5.69 Å². The number of anilines is 1. The lowest BCUT2D eigenvalue weighted by Gasteiger charge is -2.06. The van der Waals surface area contributed by atoms with Crippen molar-refractivity contribution < 1.29 is 14.3 Å². The molecule has 4 nitrogen and oxygen atoms in total. The summed E-state index contributed by atoms with van der Waals surface area (Å²) in [6.45, 7) is 0.188. The smallest absolute Gasteiger partial charge is 0.338 e. The van der Waals surface area contributed by atoms with Gasteiger partial charge in [0.2, 0.25) is 0 Å². The highest BCUT2D eigenvalue weighted by Gasteiger charge is 2.10. The van der Waals surface area contributed by atoms with Crippen molar-refractivity contribution in [2.24, 2.45) is 0 Å². The van der Waals surface area contributed by atoms with Crippen LogP contribution < -0.4 is 10.5 Å². The zero-order chi connectivity index (χ0) is 13.8. The third-order valence-corrected chi connectivity index (χ3v) is 3.58. The summed E-state index contributed by atoms with van der Waals surface area (Å²) >= 11 is 7.17. The number of nitrogens with two attached hydrogens (primary N) is 1. The van der Waals surface area contributed by atoms with E-state index in [0.717, 1.165) is 4.88 Å². The van der Waals surface area contributed by atoms with Gasteiger partial charge in [-0.1, -0.05) is 11.6 Å². The number of carbonyl (C=O) groups is 1. The first-order valence-electron chi connectivity index (χ1n) is 5.44. The van der Waals surface area contributed by atoms with Crippen LogP contribution in [0.25, 0.3) is 0 Å². The Morgan fingerprint density at radius 3 is 2.79 bits per heavy atom. The molecule has 1 aromatic carbocycles. The second kappa shape index (κ2) is 5.95. The number of benzene rings is 1. The third kappa shape index (κ3) is 3.62. The van der Waals surface area contributed by atoms with Gasteiger partial charge in [-0.15, -0.1) is 11.3 Å². The first kappa shape index (κ1) is 13.7. The number of esters is 1. The summed E-state index contributed by atoms with van der Waals surface area (Å²) in [4.78, 5) is 12.8. The second-order valence-electron chi connectivity index (χ2n) is 3.78. The maximum atomic E-state index is 11.9. The number of ether oxygens (including phenoxy) is 2. The minimum atomic E-state index is -0.449. The Balaban J connectivity index is 2.05. The molecule has 1 heterocycles. The molecule has 0 radical (unpaired) electrons. The molecule has 100 valence electrons. The summed E-state index contributed by atoms with van der Waals surface area (Å²) < 4.78 is 10.9. The van der Waals surface area contributed by atoms with Gasteiger partial charge < -0.3 is 15.2 Å². The van der Waals surface area contributed by atoms with Gasteiger partial charge in [-0.2, -0.15) is 0 Å². The Hall–Kier alpha value is -1.72. The molecule has 19 heavy (non-hydrogen) atoms. The molecule has 0 aliphatic heterocycles. The summed E-state index contributed by atoms with van der Waals surface area (Å²) in [6.07, 6.45) is 0. The molecule has 0 spiro atoms. The predicted octanol–water partition coefficient (Wildman–Crippen LogP) is 3.35. The lowest BCUT2D eigenvalue weighted by molar-refractivity contribution is 0.0476. The largest absolute Gasteiger partial charge is 0.497 e. The van der Waals surface area contributed by atoms with Crippen LogP contribution in [0.1, 0.15) is 15.2 Å². The Bertz CT molecular complexity index is 597. The minimum Gasteiger partial charge on any atom is -0.497 e. The van der Waals surface area contributed by atoms with Crippen LogP contribution in [-0.4, -0.2) is 13.1 Å².